The number of nitrogens with one attached hydrogen (secondary N) is 2. The number of amides is 1. The van der Waals surface area contributed by atoms with Gasteiger partial charge in [-0.25, -0.2) is 17.6 Å². The number of esters is 1. The maximum atomic E-state index is 12.9. The van der Waals surface area contributed by atoms with E-state index >= 15 is 0 Å². The Morgan fingerprint density at radius 1 is 1.07 bits per heavy atom. The number of benzene rings is 2. The van der Waals surface area contributed by atoms with E-state index in [9.17, 15) is 22.4 Å². The van der Waals surface area contributed by atoms with Crippen LogP contribution in [0.1, 0.15) is 24.2 Å². The molecule has 0 spiro atoms. The Kier molecular flexibility index (Phi) is 7.07. The zero-order valence-corrected chi connectivity index (χ0v) is 16.0. The lowest BCUT2D eigenvalue weighted by atomic mass is 10.2. The van der Waals surface area contributed by atoms with Gasteiger partial charge in [-0.15, -0.1) is 4.83 Å². The molecule has 2 rings (SSSR count). The Balaban J connectivity index is 1.95. The van der Waals surface area contributed by atoms with E-state index in [0.29, 0.717) is 0 Å². The van der Waals surface area contributed by atoms with Crippen molar-refractivity contribution < 1.29 is 31.9 Å². The van der Waals surface area contributed by atoms with Gasteiger partial charge in [0.1, 0.15) is 11.6 Å². The van der Waals surface area contributed by atoms with E-state index < -0.39 is 33.8 Å². The van der Waals surface area contributed by atoms with Crippen LogP contribution in [0.3, 0.4) is 0 Å². The highest BCUT2D eigenvalue weighted by molar-refractivity contribution is 7.89. The number of carbonyl (C=O) groups is 2. The highest BCUT2D eigenvalue weighted by atomic mass is 32.2. The van der Waals surface area contributed by atoms with Gasteiger partial charge in [0.15, 0.2) is 6.10 Å². The molecule has 10 heteroatoms. The van der Waals surface area contributed by atoms with Crippen LogP contribution in [0.4, 0.5) is 4.39 Å². The number of halogens is 1. The van der Waals surface area contributed by atoms with Crippen molar-refractivity contribution in [3.63, 3.8) is 0 Å². The number of hydrogen-bond donors (Lipinski definition) is 2. The molecule has 2 aromatic carbocycles. The normalized spacial score (nSPS) is 12.1. The standard InChI is InChI=1S/C18H19FN2O6S/c1-3-26-18(23)13-4-10-16(11-5-13)28(24,25)21-20-17(22)12(2)27-15-8-6-14(19)7-9-15/h4-12,21H,3H2,1-2H3,(H,20,22)/t12-/m0/s1. The van der Waals surface area contributed by atoms with Crippen LogP contribution in [0.25, 0.3) is 0 Å². The lowest BCUT2D eigenvalue weighted by Gasteiger charge is -2.15. The summed E-state index contributed by atoms with van der Waals surface area (Å²) in [5, 5.41) is 0. The molecule has 0 aromatic heterocycles. The van der Waals surface area contributed by atoms with Crippen molar-refractivity contribution in [2.24, 2.45) is 0 Å². The minimum Gasteiger partial charge on any atom is -0.481 e. The summed E-state index contributed by atoms with van der Waals surface area (Å²) in [4.78, 5) is 25.4. The molecule has 0 bridgehead atoms. The predicted molar refractivity (Wildman–Crippen MR) is 97.4 cm³/mol. The zero-order valence-electron chi connectivity index (χ0n) is 15.1. The molecule has 0 radical (unpaired) electrons. The topological polar surface area (TPSA) is 111 Å². The molecule has 0 aliphatic carbocycles. The second-order valence-corrected chi connectivity index (χ2v) is 7.24. The molecule has 0 aliphatic heterocycles. The van der Waals surface area contributed by atoms with Crippen LogP contribution < -0.4 is 15.0 Å². The van der Waals surface area contributed by atoms with Crippen molar-refractivity contribution in [2.75, 3.05) is 6.61 Å². The van der Waals surface area contributed by atoms with Gasteiger partial charge in [-0.1, -0.05) is 0 Å². The van der Waals surface area contributed by atoms with Gasteiger partial charge in [0.25, 0.3) is 15.9 Å². The lowest BCUT2D eigenvalue weighted by molar-refractivity contribution is -0.127. The zero-order chi connectivity index (χ0) is 20.7. The summed E-state index contributed by atoms with van der Waals surface area (Å²) in [6.45, 7) is 3.26. The molecule has 2 aromatic rings. The Bertz CT molecular complexity index is 930. The van der Waals surface area contributed by atoms with Gasteiger partial charge < -0.3 is 9.47 Å². The Hall–Kier alpha value is -2.98. The van der Waals surface area contributed by atoms with E-state index in [0.717, 1.165) is 0 Å². The molecule has 0 heterocycles. The number of sulfonamides is 1. The van der Waals surface area contributed by atoms with E-state index in [4.69, 9.17) is 9.47 Å². The fourth-order valence-corrected chi connectivity index (χ4v) is 2.88. The van der Waals surface area contributed by atoms with Crippen molar-refractivity contribution >= 4 is 21.9 Å². The van der Waals surface area contributed by atoms with Gasteiger partial charge in [-0.3, -0.25) is 10.2 Å². The molecule has 28 heavy (non-hydrogen) atoms. The van der Waals surface area contributed by atoms with E-state index in [2.05, 4.69) is 0 Å². The SMILES string of the molecule is CCOC(=O)c1ccc(S(=O)(=O)NNC(=O)[C@H](C)Oc2ccc(F)cc2)cc1. The number of carbonyl (C=O) groups excluding carboxylic acids is 2. The first-order valence-corrected chi connectivity index (χ1v) is 9.72. The van der Waals surface area contributed by atoms with Gasteiger partial charge in [0, 0.05) is 0 Å². The van der Waals surface area contributed by atoms with Crippen molar-refractivity contribution in [2.45, 2.75) is 24.8 Å². The third-order valence-electron chi connectivity index (χ3n) is 3.48. The minimum atomic E-state index is -4.06. The largest absolute Gasteiger partial charge is 0.481 e. The van der Waals surface area contributed by atoms with E-state index in [1.165, 1.54) is 55.5 Å². The van der Waals surface area contributed by atoms with Gasteiger partial charge in [-0.05, 0) is 62.4 Å². The summed E-state index contributed by atoms with van der Waals surface area (Å²) in [5.41, 5.74) is 2.24. The quantitative estimate of drug-likeness (QED) is 0.507. The Morgan fingerprint density at radius 2 is 1.68 bits per heavy atom. The first-order valence-electron chi connectivity index (χ1n) is 8.24. The number of rotatable bonds is 8. The van der Waals surface area contributed by atoms with Crippen molar-refractivity contribution in [1.29, 1.82) is 0 Å². The third kappa shape index (κ3) is 5.76. The van der Waals surface area contributed by atoms with E-state index in [-0.39, 0.29) is 22.8 Å². The highest BCUT2D eigenvalue weighted by Gasteiger charge is 2.20. The summed E-state index contributed by atoms with van der Waals surface area (Å²) in [6, 6.07) is 10.0. The monoisotopic (exact) mass is 410 g/mol. The van der Waals surface area contributed by atoms with Crippen molar-refractivity contribution in [1.82, 2.24) is 10.3 Å². The third-order valence-corrected chi connectivity index (χ3v) is 4.74. The molecule has 0 unspecified atom stereocenters. The van der Waals surface area contributed by atoms with Crippen LogP contribution in [-0.2, 0) is 19.6 Å². The molecule has 2 N–H and O–H groups in total. The average Bonchev–Trinajstić information content (AvgIpc) is 2.68. The number of hydrazine groups is 1. The first kappa shape index (κ1) is 21.3. The van der Waals surface area contributed by atoms with Gasteiger partial charge in [0.05, 0.1) is 17.1 Å². The van der Waals surface area contributed by atoms with Crippen LogP contribution in [0.2, 0.25) is 0 Å². The molecule has 8 nitrogen and oxygen atoms in total. The second kappa shape index (κ2) is 9.29. The molecule has 1 amide bonds. The second-order valence-electron chi connectivity index (χ2n) is 5.55. The van der Waals surface area contributed by atoms with Crippen molar-refractivity contribution in [3.05, 3.63) is 59.9 Å². The van der Waals surface area contributed by atoms with E-state index in [1.54, 1.807) is 6.92 Å². The first-order chi connectivity index (χ1) is 13.2. The molecule has 0 fully saturated rings. The Morgan fingerprint density at radius 3 is 2.25 bits per heavy atom. The van der Waals surface area contributed by atoms with Gasteiger partial charge >= 0.3 is 5.97 Å². The van der Waals surface area contributed by atoms with Crippen LogP contribution in [0.5, 0.6) is 5.75 Å². The summed E-state index contributed by atoms with van der Waals surface area (Å²) < 4.78 is 47.5. The molecule has 0 saturated heterocycles. The Labute approximate surface area is 161 Å². The number of ether oxygens (including phenoxy) is 2. The average molecular weight is 410 g/mol. The molecule has 150 valence electrons. The van der Waals surface area contributed by atoms with Crippen molar-refractivity contribution in [3.8, 4) is 5.75 Å². The van der Waals surface area contributed by atoms with E-state index in [1.807, 2.05) is 10.3 Å². The summed E-state index contributed by atoms with van der Waals surface area (Å²) >= 11 is 0. The van der Waals surface area contributed by atoms with Crippen LogP contribution >= 0.6 is 0 Å². The molecular formula is C18H19FN2O6S. The summed E-state index contributed by atoms with van der Waals surface area (Å²) in [7, 11) is -4.06. The summed E-state index contributed by atoms with van der Waals surface area (Å²) in [6.07, 6.45) is -1.04. The minimum absolute atomic E-state index is 0.159. The van der Waals surface area contributed by atoms with Gasteiger partial charge in [-0.2, -0.15) is 0 Å². The fourth-order valence-electron chi connectivity index (χ4n) is 2.03. The molecule has 0 aliphatic rings. The number of hydrogen-bond acceptors (Lipinski definition) is 6. The molecule has 0 saturated carbocycles. The predicted octanol–water partition coefficient (Wildman–Crippen LogP) is 1.78. The maximum absolute atomic E-state index is 12.9. The van der Waals surface area contributed by atoms with Gasteiger partial charge in [0.2, 0.25) is 0 Å². The fraction of sp³-hybridized carbons (Fsp3) is 0.222. The highest BCUT2D eigenvalue weighted by Crippen LogP contribution is 2.13. The molecular weight excluding hydrogens is 391 g/mol. The lowest BCUT2D eigenvalue weighted by Crippen LogP contribution is -2.47. The van der Waals surface area contributed by atoms with Crippen LogP contribution in [-0.4, -0.2) is 33.0 Å². The van der Waals surface area contributed by atoms with Crippen LogP contribution in [0, 0.1) is 5.82 Å². The maximum Gasteiger partial charge on any atom is 0.338 e. The van der Waals surface area contributed by atoms with Crippen LogP contribution in [0.15, 0.2) is 53.4 Å². The smallest absolute Gasteiger partial charge is 0.338 e. The summed E-state index contributed by atoms with van der Waals surface area (Å²) in [5.74, 6) is -1.52. The molecule has 1 atom stereocenters.